The van der Waals surface area contributed by atoms with Crippen LogP contribution in [0.5, 0.6) is 0 Å². The first-order valence-electron chi connectivity index (χ1n) is 7.02. The predicted octanol–water partition coefficient (Wildman–Crippen LogP) is 4.77. The van der Waals surface area contributed by atoms with Crippen LogP contribution in [0.2, 0.25) is 5.02 Å². The Kier molecular flexibility index (Phi) is 3.90. The molecule has 0 aromatic heterocycles. The SMILES string of the molecule is Fc1ccc(C2(CN3N=CN=I3)OC2c2ccccc2Cl)cc1. The lowest BCUT2D eigenvalue weighted by Crippen LogP contribution is -2.24. The van der Waals surface area contributed by atoms with Crippen LogP contribution in [0.15, 0.2) is 56.8 Å². The minimum atomic E-state index is -0.560. The minimum absolute atomic E-state index is 0.165. The van der Waals surface area contributed by atoms with Crippen LogP contribution >= 0.6 is 32.9 Å². The quantitative estimate of drug-likeness (QED) is 0.388. The van der Waals surface area contributed by atoms with E-state index in [-0.39, 0.29) is 11.9 Å². The molecular formula is C16H12ClFIN3O. The highest BCUT2D eigenvalue weighted by atomic mass is 127. The van der Waals surface area contributed by atoms with Crippen molar-refractivity contribution in [2.45, 2.75) is 11.7 Å². The summed E-state index contributed by atoms with van der Waals surface area (Å²) in [7, 11) is 0. The fourth-order valence-corrected chi connectivity index (χ4v) is 4.40. The van der Waals surface area contributed by atoms with Gasteiger partial charge in [-0.15, -0.1) is 0 Å². The van der Waals surface area contributed by atoms with Gasteiger partial charge in [-0.3, -0.25) is 0 Å². The van der Waals surface area contributed by atoms with Crippen molar-refractivity contribution in [1.82, 2.24) is 3.22 Å². The van der Waals surface area contributed by atoms with Crippen LogP contribution in [0.4, 0.5) is 4.39 Å². The van der Waals surface area contributed by atoms with E-state index in [9.17, 15) is 4.39 Å². The van der Waals surface area contributed by atoms with Gasteiger partial charge in [0.2, 0.25) is 0 Å². The molecule has 0 aliphatic carbocycles. The molecule has 4 rings (SSSR count). The van der Waals surface area contributed by atoms with Gasteiger partial charge in [-0.25, -0.2) is 7.61 Å². The van der Waals surface area contributed by atoms with Gasteiger partial charge in [0.1, 0.15) is 45.2 Å². The van der Waals surface area contributed by atoms with Gasteiger partial charge in [0.15, 0.2) is 0 Å². The normalized spacial score (nSPS) is 25.5. The molecule has 1 saturated heterocycles. The molecule has 2 aromatic carbocycles. The highest BCUT2D eigenvalue weighted by molar-refractivity contribution is 14.1. The molecular weight excluding hydrogens is 432 g/mol. The number of hydrogen-bond donors (Lipinski definition) is 0. The van der Waals surface area contributed by atoms with Crippen LogP contribution in [-0.4, -0.2) is 16.1 Å². The van der Waals surface area contributed by atoms with E-state index in [1.807, 2.05) is 27.5 Å². The van der Waals surface area contributed by atoms with Crippen molar-refractivity contribution >= 4 is 39.2 Å². The maximum Gasteiger partial charge on any atom is 0.144 e. The third-order valence-electron chi connectivity index (χ3n) is 3.93. The van der Waals surface area contributed by atoms with Crippen molar-refractivity contribution < 1.29 is 9.13 Å². The summed E-state index contributed by atoms with van der Waals surface area (Å²) < 4.78 is 25.5. The molecule has 2 aromatic rings. The zero-order valence-corrected chi connectivity index (χ0v) is 14.8. The monoisotopic (exact) mass is 443 g/mol. The van der Waals surface area contributed by atoms with Crippen molar-refractivity contribution in [2.24, 2.45) is 8.25 Å². The number of hydrogen-bond acceptors (Lipinski definition) is 4. The number of benzene rings is 2. The highest BCUT2D eigenvalue weighted by Gasteiger charge is 2.60. The standard InChI is InChI=1S/C16H12ClFIN3O/c17-14-4-2-1-3-13(14)15-16(23-15,9-22-19-20-10-21-22)11-5-7-12(18)8-6-11/h1-8,10,15H,9H2. The van der Waals surface area contributed by atoms with Gasteiger partial charge in [0, 0.05) is 10.6 Å². The molecule has 2 unspecified atom stereocenters. The van der Waals surface area contributed by atoms with Gasteiger partial charge in [0.25, 0.3) is 0 Å². The summed E-state index contributed by atoms with van der Waals surface area (Å²) in [6.07, 6.45) is 1.42. The third-order valence-corrected chi connectivity index (χ3v) is 5.86. The maximum atomic E-state index is 13.3. The Labute approximate surface area is 148 Å². The molecule has 0 saturated carbocycles. The minimum Gasteiger partial charge on any atom is -0.354 e. The molecule has 1 fully saturated rings. The van der Waals surface area contributed by atoms with E-state index < -0.39 is 26.9 Å². The van der Waals surface area contributed by atoms with Gasteiger partial charge in [-0.2, -0.15) is 8.25 Å². The van der Waals surface area contributed by atoms with Gasteiger partial charge in [0.05, 0.1) is 6.54 Å². The van der Waals surface area contributed by atoms with E-state index in [1.165, 1.54) is 12.1 Å². The summed E-state index contributed by atoms with van der Waals surface area (Å²) in [5.74, 6) is -0.263. The number of halogens is 3. The first-order chi connectivity index (χ1) is 11.2. The summed E-state index contributed by atoms with van der Waals surface area (Å²) in [5.41, 5.74) is 1.31. The lowest BCUT2D eigenvalue weighted by molar-refractivity contribution is 0.266. The first kappa shape index (κ1) is 15.2. The molecule has 2 atom stereocenters. The van der Waals surface area contributed by atoms with Crippen molar-refractivity contribution in [2.75, 3.05) is 6.54 Å². The molecule has 0 N–H and O–H groups in total. The molecule has 2 aliphatic rings. The van der Waals surface area contributed by atoms with Crippen LogP contribution in [0.25, 0.3) is 0 Å². The largest absolute Gasteiger partial charge is 0.354 e. The summed E-state index contributed by atoms with van der Waals surface area (Å²) in [4.78, 5) is 0. The summed E-state index contributed by atoms with van der Waals surface area (Å²) >= 11 is 5.82. The highest BCUT2D eigenvalue weighted by Crippen LogP contribution is 2.59. The molecule has 0 radical (unpaired) electrons. The zero-order valence-electron chi connectivity index (χ0n) is 11.9. The number of epoxide rings is 1. The lowest BCUT2D eigenvalue weighted by atomic mass is 9.91. The molecule has 0 spiro atoms. The van der Waals surface area contributed by atoms with E-state index in [0.717, 1.165) is 11.1 Å². The molecule has 7 heteroatoms. The lowest BCUT2D eigenvalue weighted by Gasteiger charge is -2.18. The Morgan fingerprint density at radius 2 is 2.00 bits per heavy atom. The molecule has 2 aliphatic heterocycles. The Balaban J connectivity index is 1.71. The molecule has 23 heavy (non-hydrogen) atoms. The second kappa shape index (κ2) is 5.92. The topological polar surface area (TPSA) is 40.5 Å². The van der Waals surface area contributed by atoms with Gasteiger partial charge in [-0.1, -0.05) is 41.9 Å². The summed E-state index contributed by atoms with van der Waals surface area (Å²) in [6.45, 7) is 0.585. The Hall–Kier alpha value is -1.38. The summed E-state index contributed by atoms with van der Waals surface area (Å²) in [5, 5.41) is 4.93. The van der Waals surface area contributed by atoms with Crippen molar-refractivity contribution in [1.29, 1.82) is 0 Å². The van der Waals surface area contributed by atoms with Crippen molar-refractivity contribution in [3.63, 3.8) is 0 Å². The van der Waals surface area contributed by atoms with Crippen molar-refractivity contribution in [3.8, 4) is 0 Å². The molecule has 4 nitrogen and oxygen atoms in total. The fourth-order valence-electron chi connectivity index (χ4n) is 2.77. The number of rotatable bonds is 4. The number of ether oxygens (including phenoxy) is 1. The van der Waals surface area contributed by atoms with Gasteiger partial charge >= 0.3 is 0 Å². The van der Waals surface area contributed by atoms with Crippen LogP contribution in [0.3, 0.4) is 0 Å². The van der Waals surface area contributed by atoms with Crippen LogP contribution in [0, 0.1) is 5.82 Å². The van der Waals surface area contributed by atoms with Gasteiger partial charge in [-0.05, 0) is 23.8 Å². The average molecular weight is 444 g/mol. The summed E-state index contributed by atoms with van der Waals surface area (Å²) in [6, 6.07) is 14.1. The van der Waals surface area contributed by atoms with Crippen LogP contribution in [-0.2, 0) is 10.3 Å². The smallest absolute Gasteiger partial charge is 0.144 e. The second-order valence-electron chi connectivity index (χ2n) is 5.31. The van der Waals surface area contributed by atoms with E-state index in [4.69, 9.17) is 16.3 Å². The Bertz CT molecular complexity index is 786. The number of nitrogens with zero attached hydrogens (tertiary/aromatic N) is 3. The maximum absolute atomic E-state index is 13.3. The molecule has 0 bridgehead atoms. The van der Waals surface area contributed by atoms with Gasteiger partial charge < -0.3 is 4.74 Å². The number of hydrazone groups is 1. The average Bonchev–Trinajstić information content (AvgIpc) is 3.02. The van der Waals surface area contributed by atoms with Crippen LogP contribution in [0.1, 0.15) is 17.2 Å². The zero-order chi connectivity index (χ0) is 15.9. The van der Waals surface area contributed by atoms with E-state index in [1.54, 1.807) is 18.5 Å². The fraction of sp³-hybridized carbons (Fsp3) is 0.188. The first-order valence-corrected chi connectivity index (χ1v) is 9.33. The predicted molar refractivity (Wildman–Crippen MR) is 95.0 cm³/mol. The van der Waals surface area contributed by atoms with Crippen LogP contribution < -0.4 is 0 Å². The second-order valence-corrected chi connectivity index (χ2v) is 7.82. The molecule has 118 valence electrons. The third kappa shape index (κ3) is 2.79. The molecule has 2 heterocycles. The van der Waals surface area contributed by atoms with Crippen molar-refractivity contribution in [3.05, 3.63) is 70.5 Å². The Morgan fingerprint density at radius 3 is 2.70 bits per heavy atom. The van der Waals surface area contributed by atoms with E-state index in [0.29, 0.717) is 11.6 Å². The van der Waals surface area contributed by atoms with E-state index >= 15 is 0 Å². The van der Waals surface area contributed by atoms with E-state index in [2.05, 4.69) is 8.25 Å². The Morgan fingerprint density at radius 1 is 1.22 bits per heavy atom. The molecule has 0 amide bonds.